The molecule has 10 heteroatoms. The Morgan fingerprint density at radius 2 is 2.11 bits per heavy atom. The van der Waals surface area contributed by atoms with E-state index in [9.17, 15) is 19.7 Å². The van der Waals surface area contributed by atoms with Gasteiger partial charge < -0.3 is 25.6 Å². The first-order chi connectivity index (χ1) is 8.73. The van der Waals surface area contributed by atoms with E-state index in [1.54, 1.807) is 0 Å². The summed E-state index contributed by atoms with van der Waals surface area (Å²) in [5, 5.41) is 30.6. The minimum atomic E-state index is -1.48. The number of nitrogens with zero attached hydrogens (tertiary/aromatic N) is 3. The third kappa shape index (κ3) is 3.18. The van der Waals surface area contributed by atoms with Crippen LogP contribution in [0.1, 0.15) is 12.2 Å². The molecule has 0 saturated heterocycles. The number of rotatable bonds is 6. The average molecular weight is 272 g/mol. The van der Waals surface area contributed by atoms with Crippen LogP contribution in [0.25, 0.3) is 0 Å². The molecule has 0 aliphatic carbocycles. The largest absolute Gasteiger partial charge is 0.481 e. The number of hydrogen-bond acceptors (Lipinski definition) is 6. The maximum atomic E-state index is 10.9. The minimum absolute atomic E-state index is 0.142. The molecular weight excluding hydrogens is 260 g/mol. The Labute approximate surface area is 106 Å². The molecule has 0 radical (unpaired) electrons. The number of carbonyl (C=O) groups is 2. The van der Waals surface area contributed by atoms with E-state index in [2.05, 4.69) is 10.3 Å². The van der Waals surface area contributed by atoms with E-state index >= 15 is 0 Å². The Balaban J connectivity index is 3.11. The summed E-state index contributed by atoms with van der Waals surface area (Å²) in [6, 6.07) is -1.48. The zero-order valence-corrected chi connectivity index (χ0v) is 10.2. The zero-order valence-electron chi connectivity index (χ0n) is 10.2. The summed E-state index contributed by atoms with van der Waals surface area (Å²) in [5.74, 6) is -3.14. The lowest BCUT2D eigenvalue weighted by Gasteiger charge is -2.13. The van der Waals surface area contributed by atoms with E-state index < -0.39 is 35.1 Å². The fraction of sp³-hybridized carbons (Fsp3) is 0.444. The number of aryl methyl sites for hydroxylation is 1. The summed E-state index contributed by atoms with van der Waals surface area (Å²) < 4.78 is 1.29. The van der Waals surface area contributed by atoms with Gasteiger partial charge in [-0.15, -0.1) is 0 Å². The van der Waals surface area contributed by atoms with Gasteiger partial charge in [0.1, 0.15) is 6.04 Å². The Morgan fingerprint density at radius 3 is 2.53 bits per heavy atom. The van der Waals surface area contributed by atoms with Crippen LogP contribution in [0.2, 0.25) is 0 Å². The molecule has 0 aromatic carbocycles. The molecule has 1 heterocycles. The maximum Gasteiger partial charge on any atom is 0.406 e. The van der Waals surface area contributed by atoms with E-state index in [4.69, 9.17) is 10.2 Å². The molecule has 0 bridgehead atoms. The van der Waals surface area contributed by atoms with Crippen LogP contribution in [0, 0.1) is 17.0 Å². The van der Waals surface area contributed by atoms with Gasteiger partial charge in [0.2, 0.25) is 11.6 Å². The van der Waals surface area contributed by atoms with E-state index in [0.717, 1.165) is 0 Å². The highest BCUT2D eigenvalue weighted by Crippen LogP contribution is 2.24. The smallest absolute Gasteiger partial charge is 0.406 e. The average Bonchev–Trinajstić information content (AvgIpc) is 2.55. The summed E-state index contributed by atoms with van der Waals surface area (Å²) in [4.78, 5) is 35.1. The van der Waals surface area contributed by atoms with Crippen LogP contribution in [0.15, 0.2) is 0 Å². The van der Waals surface area contributed by atoms with E-state index in [1.165, 1.54) is 18.5 Å². The lowest BCUT2D eigenvalue weighted by atomic mass is 10.2. The lowest BCUT2D eigenvalue weighted by Crippen LogP contribution is -2.32. The van der Waals surface area contributed by atoms with Crippen LogP contribution in [0.5, 0.6) is 0 Å². The van der Waals surface area contributed by atoms with E-state index in [1.807, 2.05) is 0 Å². The fourth-order valence-corrected chi connectivity index (χ4v) is 1.42. The molecule has 0 amide bonds. The van der Waals surface area contributed by atoms with Gasteiger partial charge in [-0.3, -0.25) is 9.36 Å². The van der Waals surface area contributed by atoms with Crippen LogP contribution in [0.3, 0.4) is 0 Å². The molecule has 1 unspecified atom stereocenters. The van der Waals surface area contributed by atoms with Gasteiger partial charge in [0, 0.05) is 14.0 Å². The SMILES string of the molecule is Cc1nc([N+](=O)[O-])c(NC(CC(=O)O)C(=O)O)n1C. The second-order valence-corrected chi connectivity index (χ2v) is 3.78. The van der Waals surface area contributed by atoms with Crippen molar-refractivity contribution in [1.29, 1.82) is 0 Å². The molecule has 1 aromatic heterocycles. The van der Waals surface area contributed by atoms with Crippen molar-refractivity contribution in [3.05, 3.63) is 15.9 Å². The monoisotopic (exact) mass is 272 g/mol. The zero-order chi connectivity index (χ0) is 14.7. The van der Waals surface area contributed by atoms with Gasteiger partial charge in [0.25, 0.3) is 0 Å². The van der Waals surface area contributed by atoms with Gasteiger partial charge in [0.15, 0.2) is 0 Å². The molecule has 0 aliphatic heterocycles. The van der Waals surface area contributed by atoms with Gasteiger partial charge in [0.05, 0.1) is 6.42 Å². The highest BCUT2D eigenvalue weighted by atomic mass is 16.6. The first kappa shape index (κ1) is 14.4. The number of aromatic nitrogens is 2. The number of aliphatic carboxylic acids is 2. The fourth-order valence-electron chi connectivity index (χ4n) is 1.42. The van der Waals surface area contributed by atoms with Crippen molar-refractivity contribution in [2.24, 2.45) is 7.05 Å². The molecule has 0 spiro atoms. The number of anilines is 1. The standard InChI is InChI=1S/C9H12N4O6/c1-4-10-8(13(18)19)7(12(4)2)11-5(9(16)17)3-6(14)15/h5,11H,3H2,1-2H3,(H,14,15)(H,16,17). The van der Waals surface area contributed by atoms with Gasteiger partial charge in [-0.2, -0.15) is 0 Å². The van der Waals surface area contributed by atoms with Gasteiger partial charge >= 0.3 is 17.8 Å². The molecular formula is C9H12N4O6. The second kappa shape index (κ2) is 5.33. The minimum Gasteiger partial charge on any atom is -0.481 e. The number of hydrogen-bond donors (Lipinski definition) is 3. The summed E-state index contributed by atoms with van der Waals surface area (Å²) in [7, 11) is 1.46. The molecule has 19 heavy (non-hydrogen) atoms. The van der Waals surface area contributed by atoms with Crippen LogP contribution < -0.4 is 5.32 Å². The summed E-state index contributed by atoms with van der Waals surface area (Å²) in [6.07, 6.45) is -0.712. The van der Waals surface area contributed by atoms with Crippen molar-refractivity contribution in [1.82, 2.24) is 9.55 Å². The highest BCUT2D eigenvalue weighted by Gasteiger charge is 2.29. The third-order valence-electron chi connectivity index (χ3n) is 2.46. The summed E-state index contributed by atoms with van der Waals surface area (Å²) in [5.41, 5.74) is 0. The predicted octanol–water partition coefficient (Wildman–Crippen LogP) is -0.0235. The number of imidazole rings is 1. The molecule has 0 fully saturated rings. The van der Waals surface area contributed by atoms with Crippen molar-refractivity contribution in [2.75, 3.05) is 5.32 Å². The Kier molecular flexibility index (Phi) is 4.04. The molecule has 1 rings (SSSR count). The third-order valence-corrected chi connectivity index (χ3v) is 2.46. The quantitative estimate of drug-likeness (QED) is 0.483. The maximum absolute atomic E-state index is 10.9. The number of nitrogens with one attached hydrogen (secondary N) is 1. The molecule has 104 valence electrons. The molecule has 1 atom stereocenters. The summed E-state index contributed by atoms with van der Waals surface area (Å²) >= 11 is 0. The van der Waals surface area contributed by atoms with Crippen LogP contribution in [-0.4, -0.2) is 42.7 Å². The van der Waals surface area contributed by atoms with Gasteiger partial charge in [-0.1, -0.05) is 0 Å². The van der Waals surface area contributed by atoms with Gasteiger partial charge in [-0.05, 0) is 9.91 Å². The molecule has 0 saturated carbocycles. The van der Waals surface area contributed by atoms with Crippen molar-refractivity contribution < 1.29 is 24.7 Å². The molecule has 10 nitrogen and oxygen atoms in total. The first-order valence-electron chi connectivity index (χ1n) is 5.13. The Hall–Kier alpha value is -2.65. The van der Waals surface area contributed by atoms with Gasteiger partial charge in [-0.25, -0.2) is 4.79 Å². The number of nitro groups is 1. The predicted molar refractivity (Wildman–Crippen MR) is 61.9 cm³/mol. The van der Waals surface area contributed by atoms with Crippen molar-refractivity contribution >= 4 is 23.6 Å². The molecule has 1 aromatic rings. The van der Waals surface area contributed by atoms with Crippen LogP contribution >= 0.6 is 0 Å². The summed E-state index contributed by atoms with van der Waals surface area (Å²) in [6.45, 7) is 1.51. The molecule has 3 N–H and O–H groups in total. The van der Waals surface area contributed by atoms with Crippen molar-refractivity contribution in [2.45, 2.75) is 19.4 Å². The first-order valence-corrected chi connectivity index (χ1v) is 5.13. The van der Waals surface area contributed by atoms with Crippen LogP contribution in [0.4, 0.5) is 11.6 Å². The van der Waals surface area contributed by atoms with Crippen LogP contribution in [-0.2, 0) is 16.6 Å². The normalized spacial score (nSPS) is 11.9. The van der Waals surface area contributed by atoms with Crippen molar-refractivity contribution in [3.8, 4) is 0 Å². The lowest BCUT2D eigenvalue weighted by molar-refractivity contribution is -0.388. The van der Waals surface area contributed by atoms with E-state index in [0.29, 0.717) is 5.82 Å². The number of carboxylic acids is 2. The number of carboxylic acid groups (broad SMARTS) is 2. The Bertz CT molecular complexity index is 537. The second-order valence-electron chi connectivity index (χ2n) is 3.78. The van der Waals surface area contributed by atoms with E-state index in [-0.39, 0.29) is 5.82 Å². The highest BCUT2D eigenvalue weighted by molar-refractivity contribution is 5.83. The Morgan fingerprint density at radius 1 is 1.53 bits per heavy atom. The van der Waals surface area contributed by atoms with Crippen molar-refractivity contribution in [3.63, 3.8) is 0 Å². The molecule has 0 aliphatic rings. The topological polar surface area (TPSA) is 148 Å².